The third kappa shape index (κ3) is 15.1. The van der Waals surface area contributed by atoms with Crippen molar-refractivity contribution in [3.05, 3.63) is 0 Å². The Balaban J connectivity index is 4.22. The Bertz CT molecular complexity index is 407. The largest absolute Gasteiger partial charge is 0.481 e. The minimum atomic E-state index is -1.03. The highest BCUT2D eigenvalue weighted by atomic mass is 16.5. The Hall–Kier alpha value is -1.18. The lowest BCUT2D eigenvalue weighted by Crippen LogP contribution is -2.44. The van der Waals surface area contributed by atoms with Gasteiger partial charge in [-0.15, -0.1) is 0 Å². The molecule has 7 nitrogen and oxygen atoms in total. The van der Waals surface area contributed by atoms with Crippen LogP contribution in [0.4, 0.5) is 0 Å². The van der Waals surface area contributed by atoms with Gasteiger partial charge >= 0.3 is 11.9 Å². The molecule has 0 aromatic carbocycles. The highest BCUT2D eigenvalue weighted by molar-refractivity contribution is 5.71. The Labute approximate surface area is 157 Å². The summed E-state index contributed by atoms with van der Waals surface area (Å²) in [5.74, 6) is -1.66. The predicted molar refractivity (Wildman–Crippen MR) is 99.7 cm³/mol. The van der Waals surface area contributed by atoms with E-state index in [4.69, 9.17) is 9.84 Å². The number of carboxylic acid groups (broad SMARTS) is 1. The lowest BCUT2D eigenvalue weighted by molar-refractivity contribution is -0.873. The number of ether oxygens (including phenoxy) is 1. The monoisotopic (exact) mass is 376 g/mol. The molecule has 26 heavy (non-hydrogen) atoms. The summed E-state index contributed by atoms with van der Waals surface area (Å²) < 4.78 is 5.70. The summed E-state index contributed by atoms with van der Waals surface area (Å²) in [6.45, 7) is 2.51. The molecule has 0 rings (SSSR count). The van der Waals surface area contributed by atoms with Crippen LogP contribution in [-0.2, 0) is 14.3 Å². The van der Waals surface area contributed by atoms with Crippen molar-refractivity contribution in [2.75, 3.05) is 27.7 Å². The first-order valence-corrected chi connectivity index (χ1v) is 9.61. The number of nitrogens with zero attached hydrogens (tertiary/aromatic N) is 1. The van der Waals surface area contributed by atoms with E-state index in [0.29, 0.717) is 17.4 Å². The van der Waals surface area contributed by atoms with Crippen LogP contribution in [0.5, 0.6) is 0 Å². The normalized spacial score (nSPS) is 15.3. The Morgan fingerprint density at radius 1 is 0.962 bits per heavy atom. The molecule has 7 heteroatoms. The first kappa shape index (κ1) is 24.8. The van der Waals surface area contributed by atoms with Gasteiger partial charge in [0.1, 0.15) is 6.54 Å². The van der Waals surface area contributed by atoms with Crippen molar-refractivity contribution in [3.63, 3.8) is 0 Å². The lowest BCUT2D eigenvalue weighted by Gasteiger charge is -2.28. The first-order chi connectivity index (χ1) is 12.0. The van der Waals surface area contributed by atoms with Crippen LogP contribution < -0.4 is 0 Å². The summed E-state index contributed by atoms with van der Waals surface area (Å²) in [6.07, 6.45) is 3.34. The van der Waals surface area contributed by atoms with E-state index >= 15 is 0 Å². The summed E-state index contributed by atoms with van der Waals surface area (Å²) in [5.41, 5.74) is 0. The summed E-state index contributed by atoms with van der Waals surface area (Å²) in [5, 5.41) is 28.9. The van der Waals surface area contributed by atoms with Crippen LogP contribution in [0.1, 0.15) is 64.7 Å². The van der Waals surface area contributed by atoms with Crippen LogP contribution in [-0.4, -0.2) is 77.7 Å². The molecule has 154 valence electrons. The van der Waals surface area contributed by atoms with E-state index in [-0.39, 0.29) is 19.3 Å². The summed E-state index contributed by atoms with van der Waals surface area (Å²) in [7, 11) is 5.65. The molecule has 0 aliphatic carbocycles. The molecular formula is C19H38NO6+. The van der Waals surface area contributed by atoms with Crippen molar-refractivity contribution >= 4 is 11.9 Å². The second kappa shape index (κ2) is 13.1. The van der Waals surface area contributed by atoms with E-state index in [0.717, 1.165) is 19.3 Å². The molecule has 3 N–H and O–H groups in total. The number of hydrogen-bond acceptors (Lipinski definition) is 5. The van der Waals surface area contributed by atoms with Crippen molar-refractivity contribution in [1.82, 2.24) is 0 Å². The van der Waals surface area contributed by atoms with E-state index in [1.165, 1.54) is 12.8 Å². The maximum absolute atomic E-state index is 12.0. The van der Waals surface area contributed by atoms with Gasteiger partial charge in [-0.2, -0.15) is 0 Å². The Morgan fingerprint density at radius 3 is 2.12 bits per heavy atom. The molecule has 0 amide bonds. The van der Waals surface area contributed by atoms with Crippen molar-refractivity contribution in [3.8, 4) is 0 Å². The van der Waals surface area contributed by atoms with Gasteiger partial charge in [0.25, 0.3) is 0 Å². The quantitative estimate of drug-likeness (QED) is 0.229. The second-order valence-corrected chi connectivity index (χ2v) is 8.13. The highest BCUT2D eigenvalue weighted by Gasteiger charge is 2.26. The third-order valence-corrected chi connectivity index (χ3v) is 4.04. The highest BCUT2D eigenvalue weighted by Crippen LogP contribution is 2.13. The SMILES string of the molecule is CCCCCCCC(O)CC(O)CC(=O)OC(CC(=O)O)C[N+](C)(C)C. The molecule has 3 atom stereocenters. The van der Waals surface area contributed by atoms with Crippen molar-refractivity contribution in [2.45, 2.75) is 83.0 Å². The zero-order chi connectivity index (χ0) is 20.2. The van der Waals surface area contributed by atoms with Gasteiger partial charge in [-0.25, -0.2) is 0 Å². The van der Waals surface area contributed by atoms with Crippen LogP contribution in [0.25, 0.3) is 0 Å². The molecule has 0 bridgehead atoms. The average molecular weight is 377 g/mol. The average Bonchev–Trinajstić information content (AvgIpc) is 2.43. The van der Waals surface area contributed by atoms with Gasteiger partial charge in [-0.05, 0) is 12.8 Å². The van der Waals surface area contributed by atoms with E-state index in [2.05, 4.69) is 6.92 Å². The number of carbonyl (C=O) groups excluding carboxylic acids is 1. The zero-order valence-electron chi connectivity index (χ0n) is 16.8. The molecule has 0 saturated carbocycles. The van der Waals surface area contributed by atoms with Crippen LogP contribution in [0.3, 0.4) is 0 Å². The number of aliphatic carboxylic acids is 1. The van der Waals surface area contributed by atoms with E-state index in [1.54, 1.807) is 0 Å². The molecule has 3 unspecified atom stereocenters. The van der Waals surface area contributed by atoms with E-state index in [1.807, 2.05) is 21.1 Å². The molecule has 0 heterocycles. The van der Waals surface area contributed by atoms with Gasteiger partial charge in [0.05, 0.1) is 46.2 Å². The maximum Gasteiger partial charge on any atom is 0.308 e. The fraction of sp³-hybridized carbons (Fsp3) is 0.895. The van der Waals surface area contributed by atoms with Crippen LogP contribution in [0.2, 0.25) is 0 Å². The maximum atomic E-state index is 12.0. The molecule has 0 radical (unpaired) electrons. The van der Waals surface area contributed by atoms with Crippen LogP contribution >= 0.6 is 0 Å². The van der Waals surface area contributed by atoms with Gasteiger partial charge in [-0.3, -0.25) is 9.59 Å². The standard InChI is InChI=1S/C19H37NO6/c1-5-6-7-8-9-10-15(21)11-16(22)12-19(25)26-17(13-18(23)24)14-20(2,3)4/h15-17,21-22H,5-14H2,1-4H3/p+1. The number of carboxylic acids is 1. The van der Waals surface area contributed by atoms with Gasteiger partial charge in [0, 0.05) is 0 Å². The number of quaternary nitrogens is 1. The van der Waals surface area contributed by atoms with E-state index in [9.17, 15) is 19.8 Å². The van der Waals surface area contributed by atoms with Gasteiger partial charge in [0.2, 0.25) is 0 Å². The van der Waals surface area contributed by atoms with Crippen LogP contribution in [0.15, 0.2) is 0 Å². The van der Waals surface area contributed by atoms with Crippen LogP contribution in [0, 0.1) is 0 Å². The molecule has 0 spiro atoms. The topological polar surface area (TPSA) is 104 Å². The molecular weight excluding hydrogens is 338 g/mol. The number of hydrogen-bond donors (Lipinski definition) is 3. The number of likely N-dealkylation sites (N-methyl/N-ethyl adjacent to an activating group) is 1. The number of carbonyl (C=O) groups is 2. The Kier molecular flexibility index (Phi) is 12.5. The number of aliphatic hydroxyl groups excluding tert-OH is 2. The first-order valence-electron chi connectivity index (χ1n) is 9.61. The fourth-order valence-electron chi connectivity index (χ4n) is 2.87. The molecule has 0 fully saturated rings. The minimum Gasteiger partial charge on any atom is -0.481 e. The minimum absolute atomic E-state index is 0.127. The predicted octanol–water partition coefficient (Wildman–Crippen LogP) is 1.94. The smallest absolute Gasteiger partial charge is 0.308 e. The second-order valence-electron chi connectivity index (χ2n) is 8.13. The van der Waals surface area contributed by atoms with Gasteiger partial charge in [0.15, 0.2) is 6.10 Å². The Morgan fingerprint density at radius 2 is 1.58 bits per heavy atom. The fourth-order valence-corrected chi connectivity index (χ4v) is 2.87. The van der Waals surface area contributed by atoms with Crippen molar-refractivity contribution < 1.29 is 34.1 Å². The van der Waals surface area contributed by atoms with E-state index < -0.39 is 30.3 Å². The molecule has 0 aromatic rings. The van der Waals surface area contributed by atoms with Crippen molar-refractivity contribution in [1.29, 1.82) is 0 Å². The molecule has 0 aromatic heterocycles. The zero-order valence-corrected chi connectivity index (χ0v) is 16.8. The molecule has 0 aliphatic heterocycles. The van der Waals surface area contributed by atoms with Gasteiger partial charge < -0.3 is 24.5 Å². The lowest BCUT2D eigenvalue weighted by atomic mass is 10.0. The molecule has 0 saturated heterocycles. The number of aliphatic hydroxyl groups is 2. The summed E-state index contributed by atoms with van der Waals surface area (Å²) >= 11 is 0. The number of unbranched alkanes of at least 4 members (excludes halogenated alkanes) is 4. The number of esters is 1. The molecule has 0 aliphatic rings. The van der Waals surface area contributed by atoms with Gasteiger partial charge in [-0.1, -0.05) is 39.0 Å². The summed E-state index contributed by atoms with van der Waals surface area (Å²) in [6, 6.07) is 0. The summed E-state index contributed by atoms with van der Waals surface area (Å²) in [4.78, 5) is 22.9. The number of rotatable bonds is 15. The van der Waals surface area contributed by atoms with Crippen molar-refractivity contribution in [2.24, 2.45) is 0 Å². The third-order valence-electron chi connectivity index (χ3n) is 4.04.